The fraction of sp³-hybridized carbons (Fsp3) is 0. The number of allylic oxidation sites excluding steroid dienone is 3. The average Bonchev–Trinajstić information content (AvgIpc) is 2.94. The molecule has 0 bridgehead atoms. The molecular weight excluding hydrogens is 204 g/mol. The number of benzene rings is 2. The van der Waals surface area contributed by atoms with E-state index in [1.54, 1.807) is 0 Å². The zero-order valence-electron chi connectivity index (χ0n) is 9.43. The third kappa shape index (κ3) is 1.99. The van der Waals surface area contributed by atoms with Crippen LogP contribution in [0.15, 0.2) is 78.6 Å². The Labute approximate surface area is 101 Å². The van der Waals surface area contributed by atoms with Crippen molar-refractivity contribution in [2.24, 2.45) is 0 Å². The van der Waals surface area contributed by atoms with Crippen LogP contribution >= 0.6 is 0 Å². The molecule has 2 aromatic rings. The van der Waals surface area contributed by atoms with Gasteiger partial charge in [0.1, 0.15) is 0 Å². The van der Waals surface area contributed by atoms with Crippen molar-refractivity contribution in [1.82, 2.24) is 0 Å². The quantitative estimate of drug-likeness (QED) is 0.650. The van der Waals surface area contributed by atoms with Crippen LogP contribution in [0, 0.1) is 0 Å². The lowest BCUT2D eigenvalue weighted by atomic mass is 10.0. The molecule has 0 spiro atoms. The molecule has 2 aromatic carbocycles. The highest BCUT2D eigenvalue weighted by atomic mass is 14.0. The zero-order valence-corrected chi connectivity index (χ0v) is 9.43. The Hall–Kier alpha value is -2.30. The molecule has 0 nitrogen and oxygen atoms in total. The maximum atomic E-state index is 3.21. The number of hydrogen-bond donors (Lipinski definition) is 0. The first-order chi connectivity index (χ1) is 8.43. The molecule has 1 aliphatic carbocycles. The van der Waals surface area contributed by atoms with Gasteiger partial charge in [0.15, 0.2) is 0 Å². The Morgan fingerprint density at radius 2 is 1.29 bits per heavy atom. The molecule has 3 rings (SSSR count). The van der Waals surface area contributed by atoms with Crippen LogP contribution in [-0.4, -0.2) is 0 Å². The van der Waals surface area contributed by atoms with Crippen LogP contribution in [0.25, 0.3) is 16.7 Å². The highest BCUT2D eigenvalue weighted by Gasteiger charge is 2.00. The van der Waals surface area contributed by atoms with E-state index in [4.69, 9.17) is 0 Å². The Kier molecular flexibility index (Phi) is 2.50. The van der Waals surface area contributed by atoms with Crippen molar-refractivity contribution < 1.29 is 0 Å². The highest BCUT2D eigenvalue weighted by molar-refractivity contribution is 5.77. The highest BCUT2D eigenvalue weighted by Crippen LogP contribution is 2.23. The molecule has 17 heavy (non-hydrogen) atoms. The largest absolute Gasteiger partial charge is 0.112 e. The minimum absolute atomic E-state index is 1.16. The first-order valence-electron chi connectivity index (χ1n) is 5.73. The van der Waals surface area contributed by atoms with Crippen LogP contribution in [0.3, 0.4) is 0 Å². The van der Waals surface area contributed by atoms with Crippen LogP contribution in [-0.2, 0) is 0 Å². The maximum Gasteiger partial charge on any atom is 0.0237 e. The lowest BCUT2D eigenvalue weighted by Gasteiger charge is -2.03. The van der Waals surface area contributed by atoms with Crippen molar-refractivity contribution in [3.8, 4) is 11.1 Å². The predicted molar refractivity (Wildman–Crippen MR) is 72.5 cm³/mol. The third-order valence-electron chi connectivity index (χ3n) is 2.90. The van der Waals surface area contributed by atoms with Gasteiger partial charge in [-0.2, -0.15) is 0 Å². The number of hydrogen-bond acceptors (Lipinski definition) is 0. The van der Waals surface area contributed by atoms with Crippen molar-refractivity contribution in [3.63, 3.8) is 0 Å². The van der Waals surface area contributed by atoms with Crippen molar-refractivity contribution in [3.05, 3.63) is 84.1 Å². The fourth-order valence-electron chi connectivity index (χ4n) is 1.98. The monoisotopic (exact) mass is 216 g/mol. The summed E-state index contributed by atoms with van der Waals surface area (Å²) in [7, 11) is 0. The van der Waals surface area contributed by atoms with Gasteiger partial charge in [0.25, 0.3) is 0 Å². The van der Waals surface area contributed by atoms with Gasteiger partial charge in [-0.3, -0.25) is 0 Å². The predicted octanol–water partition coefficient (Wildman–Crippen LogP) is 4.46. The van der Waals surface area contributed by atoms with Gasteiger partial charge >= 0.3 is 0 Å². The minimum Gasteiger partial charge on any atom is -0.112 e. The van der Waals surface area contributed by atoms with E-state index in [-0.39, 0.29) is 0 Å². The summed E-state index contributed by atoms with van der Waals surface area (Å²) < 4.78 is 0. The topological polar surface area (TPSA) is 0 Å². The molecule has 0 aromatic heterocycles. The summed E-state index contributed by atoms with van der Waals surface area (Å²) in [6.45, 7) is 0. The molecule has 0 heteroatoms. The smallest absolute Gasteiger partial charge is 0.0237 e. The molecule has 0 unspecified atom stereocenters. The summed E-state index contributed by atoms with van der Waals surface area (Å²) in [6.07, 6.45) is 6.04. The summed E-state index contributed by atoms with van der Waals surface area (Å²) in [4.78, 5) is 0. The third-order valence-corrected chi connectivity index (χ3v) is 2.90. The zero-order chi connectivity index (χ0) is 11.5. The second-order valence-electron chi connectivity index (χ2n) is 4.03. The van der Waals surface area contributed by atoms with E-state index in [1.807, 2.05) is 18.2 Å². The standard InChI is InChI=1S/C17H12/c1-2-6-14(7-3-1)16-10-12-17(13-11-16)15-8-4-5-9-15/h1-8,10-13H. The summed E-state index contributed by atoms with van der Waals surface area (Å²) in [5.74, 6) is 0. The van der Waals surface area contributed by atoms with Crippen LogP contribution in [0.4, 0.5) is 0 Å². The van der Waals surface area contributed by atoms with Crippen molar-refractivity contribution in [2.45, 2.75) is 0 Å². The first-order valence-corrected chi connectivity index (χ1v) is 5.73. The van der Waals surface area contributed by atoms with Crippen molar-refractivity contribution in [1.29, 1.82) is 0 Å². The molecule has 0 fully saturated rings. The van der Waals surface area contributed by atoms with E-state index in [0.717, 1.165) is 5.57 Å². The molecule has 1 aliphatic rings. The SMILES string of the molecule is C1=CC=CC=1c1ccc(-c2ccccc2)cc1. The molecule has 0 aliphatic heterocycles. The average molecular weight is 216 g/mol. The maximum absolute atomic E-state index is 3.21. The van der Waals surface area contributed by atoms with E-state index < -0.39 is 0 Å². The van der Waals surface area contributed by atoms with Gasteiger partial charge in [0, 0.05) is 5.57 Å². The first kappa shape index (κ1) is 9.89. The second kappa shape index (κ2) is 4.29. The van der Waals surface area contributed by atoms with Gasteiger partial charge in [-0.1, -0.05) is 60.7 Å². The van der Waals surface area contributed by atoms with E-state index in [0.29, 0.717) is 0 Å². The van der Waals surface area contributed by atoms with Gasteiger partial charge in [-0.05, 0) is 28.8 Å². The molecule has 0 heterocycles. The van der Waals surface area contributed by atoms with Gasteiger partial charge in [0.2, 0.25) is 0 Å². The van der Waals surface area contributed by atoms with Crippen LogP contribution in [0.1, 0.15) is 5.56 Å². The van der Waals surface area contributed by atoms with Crippen molar-refractivity contribution >= 4 is 5.57 Å². The molecule has 0 amide bonds. The summed E-state index contributed by atoms with van der Waals surface area (Å²) in [5, 5.41) is 0. The Morgan fingerprint density at radius 3 is 1.94 bits per heavy atom. The second-order valence-corrected chi connectivity index (χ2v) is 4.03. The molecular formula is C17H12. The molecule has 0 N–H and O–H groups in total. The Morgan fingerprint density at radius 1 is 0.647 bits per heavy atom. The normalized spacial score (nSPS) is 12.8. The molecule has 80 valence electrons. The van der Waals surface area contributed by atoms with Crippen LogP contribution in [0.5, 0.6) is 0 Å². The Bertz CT molecular complexity index is 607. The van der Waals surface area contributed by atoms with Gasteiger partial charge < -0.3 is 0 Å². The van der Waals surface area contributed by atoms with E-state index >= 15 is 0 Å². The number of rotatable bonds is 2. The minimum atomic E-state index is 1.16. The summed E-state index contributed by atoms with van der Waals surface area (Å²) >= 11 is 0. The van der Waals surface area contributed by atoms with Crippen LogP contribution < -0.4 is 0 Å². The van der Waals surface area contributed by atoms with E-state index in [1.165, 1.54) is 16.7 Å². The van der Waals surface area contributed by atoms with E-state index in [9.17, 15) is 0 Å². The fourth-order valence-corrected chi connectivity index (χ4v) is 1.98. The molecule has 0 saturated heterocycles. The van der Waals surface area contributed by atoms with Crippen molar-refractivity contribution in [2.75, 3.05) is 0 Å². The van der Waals surface area contributed by atoms with Gasteiger partial charge in [-0.25, -0.2) is 0 Å². The molecule has 0 atom stereocenters. The Balaban J connectivity index is 1.96. The van der Waals surface area contributed by atoms with Crippen LogP contribution in [0.2, 0.25) is 0 Å². The van der Waals surface area contributed by atoms with E-state index in [2.05, 4.69) is 60.3 Å². The molecule has 0 radical (unpaired) electrons. The summed E-state index contributed by atoms with van der Waals surface area (Å²) in [5.41, 5.74) is 8.09. The van der Waals surface area contributed by atoms with Gasteiger partial charge in [0.05, 0.1) is 0 Å². The summed E-state index contributed by atoms with van der Waals surface area (Å²) in [6, 6.07) is 19.0. The lowest BCUT2D eigenvalue weighted by Crippen LogP contribution is -1.80. The van der Waals surface area contributed by atoms with Gasteiger partial charge in [-0.15, -0.1) is 5.73 Å². The lowest BCUT2D eigenvalue weighted by molar-refractivity contribution is 1.59. The molecule has 0 saturated carbocycles.